The van der Waals surface area contributed by atoms with Crippen LogP contribution < -0.4 is 16.2 Å². The highest BCUT2D eigenvalue weighted by Gasteiger charge is 2.27. The van der Waals surface area contributed by atoms with Crippen molar-refractivity contribution in [1.82, 2.24) is 0 Å². The Bertz CT molecular complexity index is 835. The van der Waals surface area contributed by atoms with Crippen LogP contribution >= 0.6 is 0 Å². The van der Waals surface area contributed by atoms with E-state index in [4.69, 9.17) is 16.2 Å². The van der Waals surface area contributed by atoms with Crippen molar-refractivity contribution in [2.75, 3.05) is 6.54 Å². The molecule has 6 heteroatoms. The zero-order valence-electron chi connectivity index (χ0n) is 15.7. The monoisotopic (exact) mass is 379 g/mol. The summed E-state index contributed by atoms with van der Waals surface area (Å²) in [6.07, 6.45) is 3.35. The number of hydrogen-bond acceptors (Lipinski definition) is 4. The van der Waals surface area contributed by atoms with Crippen LogP contribution in [-0.4, -0.2) is 24.3 Å². The van der Waals surface area contributed by atoms with Crippen molar-refractivity contribution in [1.29, 1.82) is 0 Å². The van der Waals surface area contributed by atoms with E-state index in [1.54, 1.807) is 36.4 Å². The molecule has 1 fully saturated rings. The van der Waals surface area contributed by atoms with Crippen LogP contribution in [0.15, 0.2) is 59.6 Å². The maximum Gasteiger partial charge on any atom is 0.314 e. The van der Waals surface area contributed by atoms with E-state index in [1.807, 2.05) is 18.2 Å². The second-order valence-corrected chi connectivity index (χ2v) is 7.12. The average molecular weight is 379 g/mol. The summed E-state index contributed by atoms with van der Waals surface area (Å²) in [5, 5.41) is 0. The Morgan fingerprint density at radius 2 is 1.50 bits per heavy atom. The van der Waals surface area contributed by atoms with Gasteiger partial charge in [-0.05, 0) is 55.9 Å². The minimum absolute atomic E-state index is 0.0578. The van der Waals surface area contributed by atoms with Gasteiger partial charge in [-0.25, -0.2) is 0 Å². The van der Waals surface area contributed by atoms with Crippen LogP contribution in [-0.2, 0) is 4.79 Å². The van der Waals surface area contributed by atoms with Crippen molar-refractivity contribution in [3.63, 3.8) is 0 Å². The molecule has 0 aromatic heterocycles. The molecule has 28 heavy (non-hydrogen) atoms. The van der Waals surface area contributed by atoms with Crippen LogP contribution in [0.3, 0.4) is 0 Å². The first kappa shape index (κ1) is 19.6. The molecule has 1 aliphatic carbocycles. The van der Waals surface area contributed by atoms with Crippen molar-refractivity contribution in [2.24, 2.45) is 28.3 Å². The third kappa shape index (κ3) is 5.19. The van der Waals surface area contributed by atoms with Crippen molar-refractivity contribution in [3.8, 4) is 5.75 Å². The molecule has 0 bridgehead atoms. The van der Waals surface area contributed by atoms with E-state index >= 15 is 0 Å². The molecule has 0 unspecified atom stereocenters. The lowest BCUT2D eigenvalue weighted by molar-refractivity contribution is -0.140. The van der Waals surface area contributed by atoms with Gasteiger partial charge in [0.05, 0.1) is 5.92 Å². The van der Waals surface area contributed by atoms with Gasteiger partial charge in [-0.15, -0.1) is 0 Å². The van der Waals surface area contributed by atoms with Gasteiger partial charge in [0.1, 0.15) is 5.75 Å². The Morgan fingerprint density at radius 3 is 2.11 bits per heavy atom. The van der Waals surface area contributed by atoms with Gasteiger partial charge < -0.3 is 16.2 Å². The molecule has 1 aliphatic rings. The number of aliphatic imine (C=N–C) groups is 1. The SMILES string of the molecule is NC(N)=NCC1CCC(C(=O)Oc2ccc(C(=O)c3ccccc3)cc2)CC1. The number of carbonyl (C=O) groups is 2. The zero-order chi connectivity index (χ0) is 19.9. The predicted molar refractivity (Wildman–Crippen MR) is 108 cm³/mol. The fourth-order valence-corrected chi connectivity index (χ4v) is 3.45. The van der Waals surface area contributed by atoms with E-state index in [0.717, 1.165) is 25.7 Å². The van der Waals surface area contributed by atoms with Crippen molar-refractivity contribution >= 4 is 17.7 Å². The fourth-order valence-electron chi connectivity index (χ4n) is 3.45. The highest BCUT2D eigenvalue weighted by molar-refractivity contribution is 6.09. The molecule has 6 nitrogen and oxygen atoms in total. The average Bonchev–Trinajstić information content (AvgIpc) is 2.73. The molecule has 1 saturated carbocycles. The summed E-state index contributed by atoms with van der Waals surface area (Å²) in [7, 11) is 0. The molecule has 0 spiro atoms. The van der Waals surface area contributed by atoms with Crippen LogP contribution in [0.2, 0.25) is 0 Å². The third-order valence-corrected chi connectivity index (χ3v) is 5.08. The summed E-state index contributed by atoms with van der Waals surface area (Å²) in [5.41, 5.74) is 11.9. The Labute approximate surface area is 164 Å². The van der Waals surface area contributed by atoms with Gasteiger partial charge in [0.15, 0.2) is 11.7 Å². The summed E-state index contributed by atoms with van der Waals surface area (Å²) in [6.45, 7) is 0.612. The highest BCUT2D eigenvalue weighted by Crippen LogP contribution is 2.30. The zero-order valence-corrected chi connectivity index (χ0v) is 15.7. The van der Waals surface area contributed by atoms with Gasteiger partial charge >= 0.3 is 5.97 Å². The molecule has 0 aliphatic heterocycles. The molecule has 0 saturated heterocycles. The first-order valence-corrected chi connectivity index (χ1v) is 9.50. The van der Waals surface area contributed by atoms with Crippen LogP contribution in [0, 0.1) is 11.8 Å². The summed E-state index contributed by atoms with van der Waals surface area (Å²) < 4.78 is 5.51. The molecular weight excluding hydrogens is 354 g/mol. The summed E-state index contributed by atoms with van der Waals surface area (Å²) in [5.74, 6) is 0.587. The number of ketones is 1. The van der Waals surface area contributed by atoms with E-state index < -0.39 is 0 Å². The van der Waals surface area contributed by atoms with Gasteiger partial charge in [0.2, 0.25) is 0 Å². The Balaban J connectivity index is 1.52. The number of carbonyl (C=O) groups excluding carboxylic acids is 2. The quantitative estimate of drug-likeness (QED) is 0.264. The third-order valence-electron chi connectivity index (χ3n) is 5.08. The van der Waals surface area contributed by atoms with Gasteiger partial charge in [0.25, 0.3) is 0 Å². The summed E-state index contributed by atoms with van der Waals surface area (Å²) in [4.78, 5) is 28.9. The van der Waals surface area contributed by atoms with Crippen LogP contribution in [0.4, 0.5) is 0 Å². The van der Waals surface area contributed by atoms with Gasteiger partial charge in [-0.1, -0.05) is 30.3 Å². The number of hydrogen-bond donors (Lipinski definition) is 2. The molecule has 146 valence electrons. The van der Waals surface area contributed by atoms with Crippen LogP contribution in [0.1, 0.15) is 41.6 Å². The van der Waals surface area contributed by atoms with Crippen molar-refractivity contribution < 1.29 is 14.3 Å². The second kappa shape index (κ2) is 9.17. The number of guanidine groups is 1. The number of nitrogens with zero attached hydrogens (tertiary/aromatic N) is 1. The van der Waals surface area contributed by atoms with E-state index in [0.29, 0.717) is 29.3 Å². The number of benzene rings is 2. The predicted octanol–water partition coefficient (Wildman–Crippen LogP) is 2.90. The van der Waals surface area contributed by atoms with E-state index in [-0.39, 0.29) is 23.6 Å². The van der Waals surface area contributed by atoms with Gasteiger partial charge in [-0.3, -0.25) is 14.6 Å². The molecule has 0 amide bonds. The standard InChI is InChI=1S/C22H25N3O3/c23-22(24)25-14-15-6-8-18(9-7-15)21(27)28-19-12-10-17(11-13-19)20(26)16-4-2-1-3-5-16/h1-5,10-13,15,18H,6-9,14H2,(H4,23,24,25). The number of ether oxygens (including phenoxy) is 1. The van der Waals surface area contributed by atoms with Gasteiger partial charge in [-0.2, -0.15) is 0 Å². The topological polar surface area (TPSA) is 108 Å². The smallest absolute Gasteiger partial charge is 0.314 e. The molecule has 0 radical (unpaired) electrons. The molecule has 0 heterocycles. The molecular formula is C22H25N3O3. The highest BCUT2D eigenvalue weighted by atomic mass is 16.5. The molecule has 3 rings (SSSR count). The Morgan fingerprint density at radius 1 is 0.893 bits per heavy atom. The van der Waals surface area contributed by atoms with Crippen molar-refractivity contribution in [2.45, 2.75) is 25.7 Å². The summed E-state index contributed by atoms with van der Waals surface area (Å²) in [6, 6.07) is 15.8. The first-order valence-electron chi connectivity index (χ1n) is 9.50. The number of nitrogens with two attached hydrogens (primary N) is 2. The van der Waals surface area contributed by atoms with Gasteiger partial charge in [0, 0.05) is 17.7 Å². The van der Waals surface area contributed by atoms with E-state index in [9.17, 15) is 9.59 Å². The Kier molecular flexibility index (Phi) is 6.42. The number of rotatable bonds is 6. The van der Waals surface area contributed by atoms with Crippen LogP contribution in [0.5, 0.6) is 5.75 Å². The minimum Gasteiger partial charge on any atom is -0.426 e. The first-order chi connectivity index (χ1) is 13.5. The maximum atomic E-state index is 12.4. The molecule has 0 atom stereocenters. The normalized spacial score (nSPS) is 18.9. The van der Waals surface area contributed by atoms with E-state index in [2.05, 4.69) is 4.99 Å². The van der Waals surface area contributed by atoms with E-state index in [1.165, 1.54) is 0 Å². The fraction of sp³-hybridized carbons (Fsp3) is 0.318. The summed E-state index contributed by atoms with van der Waals surface area (Å²) >= 11 is 0. The Hall–Kier alpha value is -3.15. The lowest BCUT2D eigenvalue weighted by Gasteiger charge is -2.26. The molecule has 2 aromatic rings. The van der Waals surface area contributed by atoms with Crippen LogP contribution in [0.25, 0.3) is 0 Å². The molecule has 2 aromatic carbocycles. The lowest BCUT2D eigenvalue weighted by Crippen LogP contribution is -2.28. The molecule has 4 N–H and O–H groups in total. The number of esters is 1. The maximum absolute atomic E-state index is 12.4. The van der Waals surface area contributed by atoms with Crippen molar-refractivity contribution in [3.05, 3.63) is 65.7 Å². The lowest BCUT2D eigenvalue weighted by atomic mass is 9.82. The minimum atomic E-state index is -0.220. The largest absolute Gasteiger partial charge is 0.426 e. The second-order valence-electron chi connectivity index (χ2n) is 7.12.